The van der Waals surface area contributed by atoms with Gasteiger partial charge in [-0.1, -0.05) is 0 Å². The van der Waals surface area contributed by atoms with Crippen molar-refractivity contribution in [3.63, 3.8) is 0 Å². The van der Waals surface area contributed by atoms with Gasteiger partial charge in [-0.25, -0.2) is 0 Å². The first-order valence-corrected chi connectivity index (χ1v) is 43.2. The van der Waals surface area contributed by atoms with E-state index >= 15 is 0 Å². The molecule has 0 aromatic heterocycles. The van der Waals surface area contributed by atoms with Gasteiger partial charge < -0.3 is 0 Å². The molecule has 0 heterocycles. The van der Waals surface area contributed by atoms with Crippen LogP contribution in [0.4, 0.5) is 0 Å². The summed E-state index contributed by atoms with van der Waals surface area (Å²) in [5.74, 6) is 0. The van der Waals surface area contributed by atoms with E-state index in [0.29, 0.717) is 342 Å². The standard InChI is InChI=1S/C16H6S.8Ra.8H/c1-11-3-4-12-9-15-10-16(17-2)6-5-13(15)8-14(12)7-11;;;;;;;;;;;;;;;;/h1-2H3;;;;;;;;;;;;;;;;. The van der Waals surface area contributed by atoms with Gasteiger partial charge in [-0.3, -0.25) is 0 Å². The van der Waals surface area contributed by atoms with E-state index < -0.39 is 0 Å². The van der Waals surface area contributed by atoms with Gasteiger partial charge in [0.25, 0.3) is 0 Å². The third-order valence-corrected chi connectivity index (χ3v) is 83.5. The maximum absolute atomic E-state index is 2.51. The van der Waals surface area contributed by atoms with E-state index in [-0.39, 0.29) is 0 Å². The van der Waals surface area contributed by atoms with Gasteiger partial charge >= 0.3 is 404 Å². The molecule has 0 aliphatic rings. The van der Waals surface area contributed by atoms with Crippen molar-refractivity contribution in [3.8, 4) is 0 Å². The van der Waals surface area contributed by atoms with Crippen molar-refractivity contribution in [3.05, 3.63) is 5.56 Å². The van der Waals surface area contributed by atoms with Crippen LogP contribution in [0.5, 0.6) is 0 Å². The molecule has 0 atom stereocenters. The molecule has 0 radical (unpaired) electrons. The molecule has 9 heteroatoms. The monoisotopic (exact) mass is 2050 g/mol. The summed E-state index contributed by atoms with van der Waals surface area (Å²) in [5.41, 5.74) is 1.81. The molecule has 3 aromatic carbocycles. The van der Waals surface area contributed by atoms with Gasteiger partial charge in [0.15, 0.2) is 0 Å². The molecular weight excluding hydrogens is 2030 g/mol. The summed E-state index contributed by atoms with van der Waals surface area (Å²) >= 11 is 6.00. The number of hydrogen-bond donors (Lipinski definition) is 0. The molecule has 0 aliphatic carbocycles. The van der Waals surface area contributed by atoms with Gasteiger partial charge in [-0.2, -0.15) is 0 Å². The van der Waals surface area contributed by atoms with Gasteiger partial charge in [0.2, 0.25) is 0 Å². The van der Waals surface area contributed by atoms with Crippen LogP contribution in [0.3, 0.4) is 0 Å². The predicted molar refractivity (Wildman–Crippen MR) is 86.2 cm³/mol. The van der Waals surface area contributed by atoms with Crippen LogP contribution < -0.4 is 4.83 Å². The zero-order valence-electron chi connectivity index (χ0n) is 17.4. The Kier molecular flexibility index (Phi) is 15.9. The molecule has 100 valence electrons. The van der Waals surface area contributed by atoms with Gasteiger partial charge in [0.1, 0.15) is 0 Å². The molecule has 0 spiro atoms. The van der Waals surface area contributed by atoms with E-state index in [1.54, 1.807) is 0 Å². The summed E-state index contributed by atoms with van der Waals surface area (Å²) < 4.78 is 15.6. The molecule has 3 aromatic rings. The van der Waals surface area contributed by atoms with E-state index in [1.165, 1.54) is 0 Å². The Hall–Kier alpha value is 10.3. The minimum atomic E-state index is 0.451. The first-order valence-electron chi connectivity index (χ1n) is 9.11. The minimum absolute atomic E-state index is 0.451. The van der Waals surface area contributed by atoms with Crippen molar-refractivity contribution in [1.29, 1.82) is 0 Å². The second-order valence-electron chi connectivity index (χ2n) is 7.66. The van der Waals surface area contributed by atoms with Crippen LogP contribution >= 0.6 is 11.8 Å². The van der Waals surface area contributed by atoms with Crippen LogP contribution in [0.25, 0.3) is 21.5 Å². The van der Waals surface area contributed by atoms with Crippen LogP contribution in [0.1, 0.15) is 5.56 Å². The molecule has 0 amide bonds. The molecule has 3 rings (SSSR count). The van der Waals surface area contributed by atoms with Crippen molar-refractivity contribution in [1.82, 2.24) is 0 Å². The molecule has 0 fully saturated rings. The van der Waals surface area contributed by atoms with Crippen molar-refractivity contribution >= 4 is 38.1 Å². The summed E-state index contributed by atoms with van der Waals surface area (Å²) in [7, 11) is 0. The maximum atomic E-state index is 2.51. The normalized spacial score (nSPS) is 11.1. The fraction of sp³-hybridized carbons (Fsp3) is 0.125. The zero-order valence-corrected chi connectivity index (χ0v) is 84.0. The van der Waals surface area contributed by atoms with Crippen LogP contribution in [-0.4, -0.2) is 6.26 Å². The third kappa shape index (κ3) is 6.13. The fourth-order valence-electron chi connectivity index (χ4n) is 4.87. The van der Waals surface area contributed by atoms with E-state index in [9.17, 15) is 0 Å². The van der Waals surface area contributed by atoms with Crippen molar-refractivity contribution in [2.24, 2.45) is 0 Å². The number of thioether (sulfide) groups is 1. The molecule has 0 nitrogen and oxygen atoms in total. The van der Waals surface area contributed by atoms with Crippen molar-refractivity contribution in [2.45, 2.75) is 11.8 Å². The fourth-order valence-corrected chi connectivity index (χ4v) is 93.5. The Morgan fingerprint density at radius 1 is 0.480 bits per heavy atom. The quantitative estimate of drug-likeness (QED) is 0.179. The Morgan fingerprint density at radius 2 is 0.880 bits per heavy atom. The molecular formula is C16H14Ra8S. The molecule has 25 heavy (non-hydrogen) atoms. The van der Waals surface area contributed by atoms with Gasteiger partial charge in [-0.05, 0) is 0 Å². The Balaban J connectivity index is 2.79. The summed E-state index contributed by atoms with van der Waals surface area (Å²) in [6.07, 6.45) is 2.36. The molecule has 0 N–H and O–H groups in total. The molecule has 0 bridgehead atoms. The SMILES string of the molecule is CSc1[c]([RaH])[c]([RaH])c2[c]([RaH])c3[c]([RaH])c(C)[c]([RaH])[c]([RaH])c3[c]([RaH])c2[c]1[RaH]. The molecule has 0 saturated heterocycles. The Bertz CT molecular complexity index is 1070. The predicted octanol–water partition coefficient (Wildman–Crippen LogP) is -3.72. The molecule has 0 saturated carbocycles. The van der Waals surface area contributed by atoms with Crippen LogP contribution in [-0.2, 0) is 0 Å². The van der Waals surface area contributed by atoms with Gasteiger partial charge in [0, 0.05) is 0 Å². The van der Waals surface area contributed by atoms with Gasteiger partial charge in [0.05, 0.1) is 0 Å². The van der Waals surface area contributed by atoms with Crippen LogP contribution in [0.15, 0.2) is 4.90 Å². The van der Waals surface area contributed by atoms with Gasteiger partial charge in [-0.15, -0.1) is 0 Å². The zero-order chi connectivity index (χ0) is 18.8. The van der Waals surface area contributed by atoms with Crippen LogP contribution in [0, 0.1) is 349 Å². The van der Waals surface area contributed by atoms with Crippen molar-refractivity contribution < 1.29 is 342 Å². The number of rotatable bonds is 1. The number of hydrogen-bond acceptors (Lipinski definition) is 1. The molecule has 0 aliphatic heterocycles. The third-order valence-electron chi connectivity index (χ3n) is 6.64. The average molecular weight is 2050 g/mol. The summed E-state index contributed by atoms with van der Waals surface area (Å²) in [6.45, 7) is 2.51. The first kappa shape index (κ1) is 29.8. The summed E-state index contributed by atoms with van der Waals surface area (Å²) in [6, 6.07) is 0. The second kappa shape index (κ2) is 13.4. The van der Waals surface area contributed by atoms with E-state index in [2.05, 4.69) is 24.9 Å². The van der Waals surface area contributed by atoms with E-state index in [1.807, 2.05) is 36.8 Å². The van der Waals surface area contributed by atoms with Crippen LogP contribution in [0.2, 0.25) is 0 Å². The van der Waals surface area contributed by atoms with E-state index in [0.717, 1.165) is 0 Å². The summed E-state index contributed by atoms with van der Waals surface area (Å²) in [4.78, 5) is 1.82. The number of fused-ring (bicyclic) bond motifs is 2. The average Bonchev–Trinajstić information content (AvgIpc) is 2.57. The topological polar surface area (TPSA) is 0 Å². The Labute approximate surface area is 388 Å². The Morgan fingerprint density at radius 3 is 1.36 bits per heavy atom. The number of benzene rings is 3. The first-order chi connectivity index (χ1) is 11.6. The van der Waals surface area contributed by atoms with E-state index in [4.69, 9.17) is 0 Å². The molecule has 0 unspecified atom stereocenters. The summed E-state index contributed by atoms with van der Waals surface area (Å²) in [5, 5.41) is 7.70. The second-order valence-corrected chi connectivity index (χ2v) is 41.4. The van der Waals surface area contributed by atoms with Crippen molar-refractivity contribution in [2.75, 3.05) is 6.26 Å².